The molecule has 3 aromatic rings. The van der Waals surface area contributed by atoms with Crippen LogP contribution in [-0.2, 0) is 6.42 Å². The van der Waals surface area contributed by atoms with Crippen molar-refractivity contribution in [2.45, 2.75) is 19.4 Å². The van der Waals surface area contributed by atoms with Gasteiger partial charge in [0.2, 0.25) is 0 Å². The quantitative estimate of drug-likeness (QED) is 0.563. The lowest BCUT2D eigenvalue weighted by Crippen LogP contribution is -2.29. The van der Waals surface area contributed by atoms with Crippen molar-refractivity contribution in [1.82, 2.24) is 10.4 Å². The molecule has 4 heteroatoms. The number of furan rings is 1. The lowest BCUT2D eigenvalue weighted by molar-refractivity contribution is 0.432. The summed E-state index contributed by atoms with van der Waals surface area (Å²) in [6, 6.07) is 13.9. The van der Waals surface area contributed by atoms with Crippen LogP contribution in [0.2, 0.25) is 0 Å². The second kappa shape index (κ2) is 5.45. The number of hydrazine groups is 1. The van der Waals surface area contributed by atoms with Gasteiger partial charge >= 0.3 is 0 Å². The third kappa shape index (κ3) is 2.57. The maximum atomic E-state index is 5.88. The fourth-order valence-corrected chi connectivity index (χ4v) is 2.32. The summed E-state index contributed by atoms with van der Waals surface area (Å²) in [5.41, 5.74) is 5.88. The minimum atomic E-state index is -0.0855. The summed E-state index contributed by atoms with van der Waals surface area (Å²) in [5.74, 6) is 6.50. The van der Waals surface area contributed by atoms with E-state index in [1.54, 1.807) is 6.20 Å². The lowest BCUT2D eigenvalue weighted by Gasteiger charge is -2.12. The molecule has 0 amide bonds. The predicted octanol–water partition coefficient (Wildman–Crippen LogP) is 2.88. The van der Waals surface area contributed by atoms with E-state index in [0.29, 0.717) is 6.42 Å². The molecule has 0 aliphatic heterocycles. The van der Waals surface area contributed by atoms with Crippen molar-refractivity contribution in [3.8, 4) is 0 Å². The minimum absolute atomic E-state index is 0.0855. The van der Waals surface area contributed by atoms with Gasteiger partial charge in [0.15, 0.2) is 0 Å². The fraction of sp³-hybridized carbons (Fsp3) is 0.188. The molecule has 0 saturated heterocycles. The van der Waals surface area contributed by atoms with Crippen molar-refractivity contribution in [3.05, 3.63) is 65.7 Å². The summed E-state index contributed by atoms with van der Waals surface area (Å²) in [6.45, 7) is 2.07. The van der Waals surface area contributed by atoms with E-state index in [1.807, 2.05) is 36.4 Å². The smallest absolute Gasteiger partial charge is 0.134 e. The van der Waals surface area contributed by atoms with Gasteiger partial charge in [-0.05, 0) is 37.3 Å². The number of hydrogen-bond acceptors (Lipinski definition) is 4. The number of rotatable bonds is 4. The Morgan fingerprint density at radius 3 is 2.90 bits per heavy atom. The van der Waals surface area contributed by atoms with Gasteiger partial charge in [0.25, 0.3) is 0 Å². The first-order chi connectivity index (χ1) is 9.76. The van der Waals surface area contributed by atoms with E-state index in [9.17, 15) is 0 Å². The van der Waals surface area contributed by atoms with Crippen LogP contribution >= 0.6 is 0 Å². The molecule has 1 atom stereocenters. The first-order valence-electron chi connectivity index (χ1n) is 6.62. The molecule has 0 bridgehead atoms. The van der Waals surface area contributed by atoms with Gasteiger partial charge in [0.1, 0.15) is 11.3 Å². The maximum absolute atomic E-state index is 5.88. The molecule has 20 heavy (non-hydrogen) atoms. The van der Waals surface area contributed by atoms with Crippen LogP contribution in [0, 0.1) is 6.92 Å². The van der Waals surface area contributed by atoms with Crippen LogP contribution < -0.4 is 11.3 Å². The van der Waals surface area contributed by atoms with Crippen molar-refractivity contribution >= 4 is 11.0 Å². The number of nitrogens with two attached hydrogens (primary N) is 1. The summed E-state index contributed by atoms with van der Waals surface area (Å²) in [5, 5.41) is 1.10. The zero-order valence-corrected chi connectivity index (χ0v) is 11.3. The van der Waals surface area contributed by atoms with E-state index in [1.165, 1.54) is 5.56 Å². The highest BCUT2D eigenvalue weighted by Crippen LogP contribution is 2.26. The molecule has 0 aliphatic rings. The van der Waals surface area contributed by atoms with Crippen LogP contribution in [-0.4, -0.2) is 4.98 Å². The average Bonchev–Trinajstić information content (AvgIpc) is 2.88. The third-order valence-corrected chi connectivity index (χ3v) is 3.37. The van der Waals surface area contributed by atoms with E-state index in [0.717, 1.165) is 22.4 Å². The number of aryl methyl sites for hydroxylation is 1. The second-order valence-corrected chi connectivity index (χ2v) is 4.93. The molecule has 1 aromatic carbocycles. The van der Waals surface area contributed by atoms with Crippen LogP contribution in [0.1, 0.15) is 23.1 Å². The van der Waals surface area contributed by atoms with E-state index >= 15 is 0 Å². The highest BCUT2D eigenvalue weighted by atomic mass is 16.3. The first-order valence-corrected chi connectivity index (χ1v) is 6.62. The summed E-state index contributed by atoms with van der Waals surface area (Å²) >= 11 is 0. The standard InChI is InChI=1S/C16H17N3O/c1-11-5-6-15-12(8-11)9-16(20-15)14(19-17)10-13-4-2-3-7-18-13/h2-9,14,19H,10,17H2,1H3. The number of nitrogens with one attached hydrogen (secondary N) is 1. The molecule has 3 N–H and O–H groups in total. The zero-order chi connectivity index (χ0) is 13.9. The summed E-state index contributed by atoms with van der Waals surface area (Å²) < 4.78 is 5.88. The van der Waals surface area contributed by atoms with Crippen molar-refractivity contribution in [3.63, 3.8) is 0 Å². The Morgan fingerprint density at radius 2 is 2.15 bits per heavy atom. The summed E-state index contributed by atoms with van der Waals surface area (Å²) in [4.78, 5) is 4.32. The third-order valence-electron chi connectivity index (χ3n) is 3.37. The number of fused-ring (bicyclic) bond motifs is 1. The number of nitrogens with zero attached hydrogens (tertiary/aromatic N) is 1. The minimum Gasteiger partial charge on any atom is -0.459 e. The Hall–Kier alpha value is -2.17. The Balaban J connectivity index is 1.91. The zero-order valence-electron chi connectivity index (χ0n) is 11.3. The highest BCUT2D eigenvalue weighted by Gasteiger charge is 2.16. The SMILES string of the molecule is Cc1ccc2oc(C(Cc3ccccn3)NN)cc2c1. The molecule has 102 valence electrons. The van der Waals surface area contributed by atoms with Crippen molar-refractivity contribution in [1.29, 1.82) is 0 Å². The van der Waals surface area contributed by atoms with E-state index in [-0.39, 0.29) is 6.04 Å². The van der Waals surface area contributed by atoms with Crippen LogP contribution in [0.5, 0.6) is 0 Å². The first kappa shape index (κ1) is 12.8. The summed E-state index contributed by atoms with van der Waals surface area (Å²) in [6.07, 6.45) is 2.47. The normalized spacial score (nSPS) is 12.7. The molecule has 2 heterocycles. The molecule has 1 unspecified atom stereocenters. The number of hydrogen-bond donors (Lipinski definition) is 2. The van der Waals surface area contributed by atoms with Crippen LogP contribution in [0.3, 0.4) is 0 Å². The van der Waals surface area contributed by atoms with E-state index in [2.05, 4.69) is 23.4 Å². The topological polar surface area (TPSA) is 64.1 Å². The molecule has 4 nitrogen and oxygen atoms in total. The fourth-order valence-electron chi connectivity index (χ4n) is 2.32. The average molecular weight is 267 g/mol. The molecule has 0 aliphatic carbocycles. The Bertz CT molecular complexity index is 706. The molecule has 0 fully saturated rings. The number of pyridine rings is 1. The molecular weight excluding hydrogens is 250 g/mol. The molecule has 0 spiro atoms. The van der Waals surface area contributed by atoms with Crippen LogP contribution in [0.25, 0.3) is 11.0 Å². The number of benzene rings is 1. The maximum Gasteiger partial charge on any atom is 0.134 e. The van der Waals surface area contributed by atoms with Crippen molar-refractivity contribution < 1.29 is 4.42 Å². The van der Waals surface area contributed by atoms with Crippen LogP contribution in [0.4, 0.5) is 0 Å². The molecular formula is C16H17N3O. The van der Waals surface area contributed by atoms with Gasteiger partial charge in [-0.3, -0.25) is 10.8 Å². The molecule has 0 saturated carbocycles. The number of aromatic nitrogens is 1. The Kier molecular flexibility index (Phi) is 3.50. The lowest BCUT2D eigenvalue weighted by atomic mass is 10.1. The van der Waals surface area contributed by atoms with Gasteiger partial charge in [-0.15, -0.1) is 0 Å². The Morgan fingerprint density at radius 1 is 1.25 bits per heavy atom. The van der Waals surface area contributed by atoms with Crippen LogP contribution in [0.15, 0.2) is 53.1 Å². The molecule has 3 rings (SSSR count). The molecule has 2 aromatic heterocycles. The summed E-state index contributed by atoms with van der Waals surface area (Å²) in [7, 11) is 0. The second-order valence-electron chi connectivity index (χ2n) is 4.93. The van der Waals surface area contributed by atoms with Gasteiger partial charge in [0.05, 0.1) is 6.04 Å². The monoisotopic (exact) mass is 267 g/mol. The van der Waals surface area contributed by atoms with Gasteiger partial charge in [-0.25, -0.2) is 5.43 Å². The van der Waals surface area contributed by atoms with E-state index < -0.39 is 0 Å². The highest BCUT2D eigenvalue weighted by molar-refractivity contribution is 5.78. The predicted molar refractivity (Wildman–Crippen MR) is 79.0 cm³/mol. The van der Waals surface area contributed by atoms with Gasteiger partial charge in [-0.1, -0.05) is 17.7 Å². The largest absolute Gasteiger partial charge is 0.459 e. The van der Waals surface area contributed by atoms with Crippen molar-refractivity contribution in [2.24, 2.45) is 5.84 Å². The van der Waals surface area contributed by atoms with Crippen molar-refractivity contribution in [2.75, 3.05) is 0 Å². The Labute approximate surface area is 117 Å². The molecule has 0 radical (unpaired) electrons. The van der Waals surface area contributed by atoms with Gasteiger partial charge in [0, 0.05) is 23.7 Å². The van der Waals surface area contributed by atoms with Gasteiger partial charge in [-0.2, -0.15) is 0 Å². The van der Waals surface area contributed by atoms with Gasteiger partial charge < -0.3 is 4.42 Å². The van der Waals surface area contributed by atoms with E-state index in [4.69, 9.17) is 10.3 Å².